The largest absolute Gasteiger partial charge is 0.392 e. The highest BCUT2D eigenvalue weighted by Crippen LogP contribution is 2.22. The Morgan fingerprint density at radius 2 is 1.54 bits per heavy atom. The molecule has 1 N–H and O–H groups in total. The van der Waals surface area contributed by atoms with Crippen molar-refractivity contribution >= 4 is 11.6 Å². The van der Waals surface area contributed by atoms with Crippen LogP contribution in [0.2, 0.25) is 5.02 Å². The third kappa shape index (κ3) is 10.2. The SMILES string of the molecule is C=C.CC.CC(C)(C)c1ccc(CO)cc1.Cc1ccc(OF)cc1Cl. The topological polar surface area (TPSA) is 29.5 Å². The van der Waals surface area contributed by atoms with Crippen LogP contribution in [0.1, 0.15) is 51.3 Å². The van der Waals surface area contributed by atoms with Gasteiger partial charge in [-0.2, -0.15) is 0 Å². The van der Waals surface area contributed by atoms with E-state index in [1.54, 1.807) is 6.07 Å². The van der Waals surface area contributed by atoms with E-state index in [0.717, 1.165) is 11.1 Å². The van der Waals surface area contributed by atoms with Crippen molar-refractivity contribution in [3.8, 4) is 5.75 Å². The fraction of sp³-hybridized carbons (Fsp3) is 0.364. The third-order valence-electron chi connectivity index (χ3n) is 3.23. The normalized spacial score (nSPS) is 9.42. The second kappa shape index (κ2) is 14.3. The van der Waals surface area contributed by atoms with E-state index in [0.29, 0.717) is 5.02 Å². The highest BCUT2D eigenvalue weighted by molar-refractivity contribution is 6.31. The minimum Gasteiger partial charge on any atom is -0.392 e. The van der Waals surface area contributed by atoms with E-state index in [-0.39, 0.29) is 17.8 Å². The molecule has 0 radical (unpaired) electrons. The lowest BCUT2D eigenvalue weighted by Gasteiger charge is -2.18. The molecule has 0 unspecified atom stereocenters. The van der Waals surface area contributed by atoms with Crippen LogP contribution in [-0.4, -0.2) is 5.11 Å². The van der Waals surface area contributed by atoms with Crippen molar-refractivity contribution in [1.82, 2.24) is 0 Å². The van der Waals surface area contributed by atoms with Gasteiger partial charge in [0.05, 0.1) is 6.61 Å². The molecule has 0 saturated carbocycles. The van der Waals surface area contributed by atoms with Crippen molar-refractivity contribution in [3.05, 3.63) is 77.3 Å². The first-order valence-electron chi connectivity index (χ1n) is 8.53. The summed E-state index contributed by atoms with van der Waals surface area (Å²) < 4.78 is 11.5. The Bertz CT molecular complexity index is 605. The van der Waals surface area contributed by atoms with Crippen molar-refractivity contribution in [2.45, 2.75) is 53.6 Å². The van der Waals surface area contributed by atoms with Gasteiger partial charge in [0.25, 0.3) is 0 Å². The van der Waals surface area contributed by atoms with Crippen LogP contribution in [-0.2, 0) is 12.0 Å². The number of aliphatic hydroxyl groups excluding tert-OH is 1. The van der Waals surface area contributed by atoms with Crippen LogP contribution < -0.4 is 4.94 Å². The molecular formula is C22H32ClFO2. The van der Waals surface area contributed by atoms with Crippen molar-refractivity contribution < 1.29 is 14.6 Å². The number of benzene rings is 2. The van der Waals surface area contributed by atoms with E-state index in [4.69, 9.17) is 16.7 Å². The van der Waals surface area contributed by atoms with Crippen molar-refractivity contribution in [3.63, 3.8) is 0 Å². The van der Waals surface area contributed by atoms with Crippen LogP contribution in [0.5, 0.6) is 5.75 Å². The Balaban J connectivity index is 0. The molecular weight excluding hydrogens is 351 g/mol. The maximum absolute atomic E-state index is 11.5. The van der Waals surface area contributed by atoms with Gasteiger partial charge in [0.1, 0.15) is 0 Å². The summed E-state index contributed by atoms with van der Waals surface area (Å²) in [5.41, 5.74) is 3.39. The molecule has 0 aromatic heterocycles. The highest BCUT2D eigenvalue weighted by Gasteiger charge is 2.12. The van der Waals surface area contributed by atoms with Gasteiger partial charge < -0.3 is 5.11 Å². The van der Waals surface area contributed by atoms with Crippen molar-refractivity contribution in [1.29, 1.82) is 0 Å². The van der Waals surface area contributed by atoms with E-state index in [1.807, 2.05) is 32.9 Å². The van der Waals surface area contributed by atoms with Gasteiger partial charge in [0.2, 0.25) is 0 Å². The van der Waals surface area contributed by atoms with Crippen LogP contribution in [0.15, 0.2) is 55.6 Å². The first-order valence-corrected chi connectivity index (χ1v) is 8.90. The summed E-state index contributed by atoms with van der Waals surface area (Å²) in [7, 11) is 0. The van der Waals surface area contributed by atoms with Crippen molar-refractivity contribution in [2.75, 3.05) is 0 Å². The van der Waals surface area contributed by atoms with E-state index < -0.39 is 0 Å². The number of rotatable bonds is 2. The van der Waals surface area contributed by atoms with Gasteiger partial charge in [-0.15, -0.1) is 13.2 Å². The zero-order valence-electron chi connectivity index (χ0n) is 16.8. The lowest BCUT2D eigenvalue weighted by atomic mass is 9.87. The summed E-state index contributed by atoms with van der Waals surface area (Å²) in [5.74, 6) is 0.135. The summed E-state index contributed by atoms with van der Waals surface area (Å²) in [4.78, 5) is 3.47. The summed E-state index contributed by atoms with van der Waals surface area (Å²) in [5, 5.41) is 9.34. The number of aryl methyl sites for hydroxylation is 1. The Labute approximate surface area is 163 Å². The first kappa shape index (κ1) is 26.4. The number of halogens is 2. The zero-order chi connectivity index (χ0) is 20.8. The van der Waals surface area contributed by atoms with Gasteiger partial charge in [-0.25, -0.2) is 0 Å². The van der Waals surface area contributed by atoms with Gasteiger partial charge in [-0.05, 0) is 35.1 Å². The minimum atomic E-state index is 0.129. The van der Waals surface area contributed by atoms with Crippen LogP contribution in [0.25, 0.3) is 0 Å². The molecule has 146 valence electrons. The molecule has 26 heavy (non-hydrogen) atoms. The lowest BCUT2D eigenvalue weighted by Crippen LogP contribution is -2.10. The second-order valence-electron chi connectivity index (χ2n) is 6.09. The van der Waals surface area contributed by atoms with E-state index in [9.17, 15) is 4.53 Å². The minimum absolute atomic E-state index is 0.129. The van der Waals surface area contributed by atoms with Crippen LogP contribution >= 0.6 is 11.6 Å². The van der Waals surface area contributed by atoms with Gasteiger partial charge in [-0.1, -0.05) is 76.6 Å². The van der Waals surface area contributed by atoms with Gasteiger partial charge in [0, 0.05) is 15.6 Å². The maximum Gasteiger partial charge on any atom is 0.173 e. The molecule has 2 aromatic carbocycles. The highest BCUT2D eigenvalue weighted by atomic mass is 35.5. The molecule has 0 fully saturated rings. The summed E-state index contributed by atoms with van der Waals surface area (Å²) in [6, 6.07) is 12.7. The predicted molar refractivity (Wildman–Crippen MR) is 112 cm³/mol. The first-order chi connectivity index (χ1) is 12.3. The van der Waals surface area contributed by atoms with Crippen LogP contribution in [0.4, 0.5) is 4.53 Å². The molecule has 4 heteroatoms. The van der Waals surface area contributed by atoms with E-state index in [2.05, 4.69) is 51.0 Å². The molecule has 0 saturated heterocycles. The average molecular weight is 383 g/mol. The standard InChI is InChI=1S/C11H16O.C7H6ClFO.C2H6.C2H4/c1-11(2,3)10-6-4-9(8-12)5-7-10;1-5-2-3-6(10-9)4-7(5)8;2*1-2/h4-7,12H,8H2,1-3H3;2-4H,1H3;1-2H3;1-2H2. The van der Waals surface area contributed by atoms with E-state index in [1.165, 1.54) is 17.7 Å². The molecule has 0 bridgehead atoms. The van der Waals surface area contributed by atoms with Gasteiger partial charge in [-0.3, -0.25) is 4.94 Å². The smallest absolute Gasteiger partial charge is 0.173 e. The fourth-order valence-electron chi connectivity index (χ4n) is 1.73. The summed E-state index contributed by atoms with van der Waals surface area (Å²) in [6.07, 6.45) is 0. The average Bonchev–Trinajstić information content (AvgIpc) is 2.67. The summed E-state index contributed by atoms with van der Waals surface area (Å²) >= 11 is 5.65. The van der Waals surface area contributed by atoms with Gasteiger partial charge >= 0.3 is 0 Å². The molecule has 0 heterocycles. The van der Waals surface area contributed by atoms with Crippen molar-refractivity contribution in [2.24, 2.45) is 0 Å². The molecule has 0 amide bonds. The predicted octanol–water partition coefficient (Wildman–Crippen LogP) is 7.22. The molecule has 2 rings (SSSR count). The van der Waals surface area contributed by atoms with Gasteiger partial charge in [0.15, 0.2) is 5.75 Å². The molecule has 0 atom stereocenters. The number of hydrogen-bond acceptors (Lipinski definition) is 2. The Hall–Kier alpha value is -1.84. The number of hydrogen-bond donors (Lipinski definition) is 1. The zero-order valence-corrected chi connectivity index (χ0v) is 17.5. The molecule has 0 aliphatic heterocycles. The Kier molecular flexibility index (Phi) is 14.6. The molecule has 0 spiro atoms. The number of aliphatic hydroxyl groups is 1. The Morgan fingerprint density at radius 1 is 1.04 bits per heavy atom. The molecule has 2 aromatic rings. The van der Waals surface area contributed by atoms with E-state index >= 15 is 0 Å². The molecule has 0 aliphatic carbocycles. The Morgan fingerprint density at radius 3 is 1.88 bits per heavy atom. The molecule has 0 aliphatic rings. The molecule has 2 nitrogen and oxygen atoms in total. The lowest BCUT2D eigenvalue weighted by molar-refractivity contribution is -0.00620. The van der Waals surface area contributed by atoms with Crippen LogP contribution in [0, 0.1) is 6.92 Å². The van der Waals surface area contributed by atoms with Crippen LogP contribution in [0.3, 0.4) is 0 Å². The summed E-state index contributed by atoms with van der Waals surface area (Å²) in [6.45, 7) is 18.5. The monoisotopic (exact) mass is 382 g/mol. The quantitative estimate of drug-likeness (QED) is 0.555. The second-order valence-corrected chi connectivity index (χ2v) is 6.50. The fourth-order valence-corrected chi connectivity index (χ4v) is 1.90. The maximum atomic E-state index is 11.5. The third-order valence-corrected chi connectivity index (χ3v) is 3.64.